The first-order valence-corrected chi connectivity index (χ1v) is 7.63. The van der Waals surface area contributed by atoms with Crippen molar-refractivity contribution in [2.75, 3.05) is 38.9 Å². The summed E-state index contributed by atoms with van der Waals surface area (Å²) in [6, 6.07) is 8.41. The quantitative estimate of drug-likeness (QED) is 0.682. The highest BCUT2D eigenvalue weighted by Gasteiger charge is 2.17. The van der Waals surface area contributed by atoms with Crippen LogP contribution in [0.15, 0.2) is 18.2 Å². The van der Waals surface area contributed by atoms with Crippen molar-refractivity contribution >= 4 is 21.6 Å². The van der Waals surface area contributed by atoms with Crippen molar-refractivity contribution in [2.45, 2.75) is 18.3 Å². The number of ether oxygens (including phenoxy) is 2. The van der Waals surface area contributed by atoms with Crippen molar-refractivity contribution in [1.82, 2.24) is 0 Å². The van der Waals surface area contributed by atoms with Gasteiger partial charge in [0.15, 0.2) is 0 Å². The molecule has 1 atom stereocenters. The van der Waals surface area contributed by atoms with Gasteiger partial charge in [-0.3, -0.25) is 0 Å². The van der Waals surface area contributed by atoms with Crippen LogP contribution >= 0.6 is 15.9 Å². The number of methoxy groups -OCH3 is 2. The highest BCUT2D eigenvalue weighted by atomic mass is 79.9. The van der Waals surface area contributed by atoms with Crippen LogP contribution in [0.5, 0.6) is 0 Å². The zero-order valence-corrected chi connectivity index (χ0v) is 13.8. The number of hydrogen-bond donors (Lipinski definition) is 0. The monoisotopic (exact) mass is 340 g/mol. The number of hydrogen-bond acceptors (Lipinski definition) is 4. The summed E-state index contributed by atoms with van der Waals surface area (Å²) in [5.41, 5.74) is 2.70. The van der Waals surface area contributed by atoms with Crippen LogP contribution in [0.2, 0.25) is 0 Å². The minimum absolute atomic E-state index is 0.178. The zero-order valence-electron chi connectivity index (χ0n) is 12.2. The second-order valence-electron chi connectivity index (χ2n) is 4.59. The molecule has 0 saturated heterocycles. The molecule has 0 spiro atoms. The minimum atomic E-state index is 0.178. The molecule has 1 unspecified atom stereocenters. The van der Waals surface area contributed by atoms with Crippen molar-refractivity contribution in [3.8, 4) is 6.07 Å². The Morgan fingerprint density at radius 1 is 1.35 bits per heavy atom. The Bertz CT molecular complexity index is 460. The number of rotatable bonds is 8. The average molecular weight is 341 g/mol. The summed E-state index contributed by atoms with van der Waals surface area (Å²) in [5, 5.41) is 10.1. The first-order valence-electron chi connectivity index (χ1n) is 6.51. The van der Waals surface area contributed by atoms with Crippen molar-refractivity contribution < 1.29 is 9.47 Å². The van der Waals surface area contributed by atoms with E-state index in [1.807, 2.05) is 18.2 Å². The Balaban J connectivity index is 3.09. The molecule has 0 bridgehead atoms. The van der Waals surface area contributed by atoms with Gasteiger partial charge in [0.2, 0.25) is 0 Å². The Kier molecular flexibility index (Phi) is 7.60. The lowest BCUT2D eigenvalue weighted by Crippen LogP contribution is -2.39. The molecule has 0 N–H and O–H groups in total. The molecule has 20 heavy (non-hydrogen) atoms. The molecule has 1 aromatic rings. The van der Waals surface area contributed by atoms with E-state index in [0.29, 0.717) is 18.8 Å². The van der Waals surface area contributed by atoms with E-state index >= 15 is 0 Å². The molecule has 0 aliphatic rings. The van der Waals surface area contributed by atoms with Gasteiger partial charge in [0.25, 0.3) is 0 Å². The number of halogens is 1. The number of nitriles is 1. The summed E-state index contributed by atoms with van der Waals surface area (Å²) in [5.74, 6) is 0. The minimum Gasteiger partial charge on any atom is -0.383 e. The maximum atomic E-state index is 9.37. The fourth-order valence-corrected chi connectivity index (χ4v) is 2.45. The van der Waals surface area contributed by atoms with E-state index in [1.165, 1.54) is 0 Å². The van der Waals surface area contributed by atoms with Crippen LogP contribution < -0.4 is 4.90 Å². The first-order chi connectivity index (χ1) is 9.67. The third-order valence-electron chi connectivity index (χ3n) is 3.12. The molecule has 0 aliphatic heterocycles. The summed E-state index contributed by atoms with van der Waals surface area (Å²) in [4.78, 5) is 2.16. The van der Waals surface area contributed by atoms with Crippen molar-refractivity contribution in [1.29, 1.82) is 5.26 Å². The normalized spacial score (nSPS) is 11.9. The smallest absolute Gasteiger partial charge is 0.101 e. The van der Waals surface area contributed by atoms with Gasteiger partial charge in [-0.05, 0) is 24.6 Å². The Morgan fingerprint density at radius 3 is 2.65 bits per heavy atom. The van der Waals surface area contributed by atoms with Gasteiger partial charge in [-0.2, -0.15) is 5.26 Å². The standard InChI is InChI=1S/C15H21BrN2O2/c1-12(11-20-3)18(6-7-19-2)15-5-4-13(9-16)8-14(15)10-17/h4-5,8,12H,6-7,9,11H2,1-3H3. The molecule has 5 heteroatoms. The average Bonchev–Trinajstić information content (AvgIpc) is 2.48. The number of anilines is 1. The molecule has 0 saturated carbocycles. The van der Waals surface area contributed by atoms with Crippen molar-refractivity contribution in [2.24, 2.45) is 0 Å². The van der Waals surface area contributed by atoms with Crippen molar-refractivity contribution in [3.05, 3.63) is 29.3 Å². The maximum Gasteiger partial charge on any atom is 0.101 e. The molecule has 0 amide bonds. The molecular formula is C15H21BrN2O2. The molecule has 0 radical (unpaired) electrons. The Hall–Kier alpha value is -1.09. The number of alkyl halides is 1. The Morgan fingerprint density at radius 2 is 2.10 bits per heavy atom. The molecule has 0 heterocycles. The largest absolute Gasteiger partial charge is 0.383 e. The topological polar surface area (TPSA) is 45.5 Å². The lowest BCUT2D eigenvalue weighted by Gasteiger charge is -2.31. The van der Waals surface area contributed by atoms with E-state index in [2.05, 4.69) is 33.8 Å². The van der Waals surface area contributed by atoms with Crippen LogP contribution in [0.4, 0.5) is 5.69 Å². The molecule has 0 aromatic heterocycles. The number of benzene rings is 1. The van der Waals surface area contributed by atoms with E-state index in [4.69, 9.17) is 9.47 Å². The zero-order chi connectivity index (χ0) is 15.0. The SMILES string of the molecule is COCCN(c1ccc(CBr)cc1C#N)C(C)COC. The van der Waals surface area contributed by atoms with E-state index in [-0.39, 0.29) is 6.04 Å². The molecule has 0 fully saturated rings. The van der Waals surface area contributed by atoms with Gasteiger partial charge in [0, 0.05) is 32.1 Å². The van der Waals surface area contributed by atoms with Gasteiger partial charge in [-0.1, -0.05) is 22.0 Å². The maximum absolute atomic E-state index is 9.37. The van der Waals surface area contributed by atoms with E-state index in [1.54, 1.807) is 14.2 Å². The van der Waals surface area contributed by atoms with E-state index in [0.717, 1.165) is 23.1 Å². The van der Waals surface area contributed by atoms with Crippen LogP contribution in [0.25, 0.3) is 0 Å². The van der Waals surface area contributed by atoms with Gasteiger partial charge in [0.05, 0.1) is 24.5 Å². The van der Waals surface area contributed by atoms with Crippen LogP contribution in [0.3, 0.4) is 0 Å². The van der Waals surface area contributed by atoms with E-state index in [9.17, 15) is 5.26 Å². The highest BCUT2D eigenvalue weighted by Crippen LogP contribution is 2.24. The lowest BCUT2D eigenvalue weighted by atomic mass is 10.1. The predicted octanol–water partition coefficient (Wildman–Crippen LogP) is 2.94. The Labute approximate surface area is 129 Å². The van der Waals surface area contributed by atoms with Gasteiger partial charge in [0.1, 0.15) is 6.07 Å². The molecule has 4 nitrogen and oxygen atoms in total. The predicted molar refractivity (Wildman–Crippen MR) is 84.3 cm³/mol. The summed E-state index contributed by atoms with van der Waals surface area (Å²) in [7, 11) is 3.36. The number of nitrogens with zero attached hydrogens (tertiary/aromatic N) is 2. The van der Waals surface area contributed by atoms with Crippen molar-refractivity contribution in [3.63, 3.8) is 0 Å². The summed E-state index contributed by atoms with van der Waals surface area (Å²) in [6.45, 7) is 4.02. The lowest BCUT2D eigenvalue weighted by molar-refractivity contribution is 0.171. The summed E-state index contributed by atoms with van der Waals surface area (Å²) in [6.07, 6.45) is 0. The molecule has 0 aliphatic carbocycles. The van der Waals surface area contributed by atoms with E-state index < -0.39 is 0 Å². The summed E-state index contributed by atoms with van der Waals surface area (Å²) < 4.78 is 10.4. The third kappa shape index (κ3) is 4.48. The fraction of sp³-hybridized carbons (Fsp3) is 0.533. The third-order valence-corrected chi connectivity index (χ3v) is 3.77. The molecular weight excluding hydrogens is 320 g/mol. The van der Waals surface area contributed by atoms with Gasteiger partial charge < -0.3 is 14.4 Å². The highest BCUT2D eigenvalue weighted by molar-refractivity contribution is 9.08. The van der Waals surface area contributed by atoms with Crippen LogP contribution in [-0.4, -0.2) is 40.0 Å². The molecule has 1 rings (SSSR count). The first kappa shape index (κ1) is 17.0. The fourth-order valence-electron chi connectivity index (χ4n) is 2.11. The van der Waals surface area contributed by atoms with Crippen LogP contribution in [-0.2, 0) is 14.8 Å². The van der Waals surface area contributed by atoms with Crippen LogP contribution in [0.1, 0.15) is 18.1 Å². The van der Waals surface area contributed by atoms with Gasteiger partial charge in [-0.25, -0.2) is 0 Å². The second-order valence-corrected chi connectivity index (χ2v) is 5.15. The molecule has 110 valence electrons. The van der Waals surface area contributed by atoms with Gasteiger partial charge in [-0.15, -0.1) is 0 Å². The second kappa shape index (κ2) is 8.96. The summed E-state index contributed by atoms with van der Waals surface area (Å²) >= 11 is 3.42. The van der Waals surface area contributed by atoms with Gasteiger partial charge >= 0.3 is 0 Å². The van der Waals surface area contributed by atoms with Crippen LogP contribution in [0, 0.1) is 11.3 Å². The molecule has 1 aromatic carbocycles.